The fourth-order valence-electron chi connectivity index (χ4n) is 2.58. The number of amides is 1. The minimum absolute atomic E-state index is 0.143. The molecule has 3 aromatic heterocycles. The fraction of sp³-hybridized carbons (Fsp3) is 0.364. The zero-order valence-electron chi connectivity index (χ0n) is 20.5. The number of ether oxygens (including phenoxy) is 1. The van der Waals surface area contributed by atoms with Crippen LogP contribution in [0, 0.1) is 0 Å². The SMILES string of the molecule is CCC(CC)Oc1ccc2c(NC(=O)c3ccncc3)nn(C)c2n1.O=C(O)C(F)(F)F.O=C(O)C(F)(F)F. The van der Waals surface area contributed by atoms with Crippen LogP contribution in [0.2, 0.25) is 0 Å². The van der Waals surface area contributed by atoms with Crippen molar-refractivity contribution in [2.75, 3.05) is 5.32 Å². The first-order valence-electron chi connectivity index (χ1n) is 10.8. The summed E-state index contributed by atoms with van der Waals surface area (Å²) in [5.41, 5.74) is 1.18. The number of halogens is 6. The molecule has 3 N–H and O–H groups in total. The topological polar surface area (TPSA) is 157 Å². The third-order valence-corrected chi connectivity index (χ3v) is 4.52. The Kier molecular flexibility index (Phi) is 11.6. The van der Waals surface area contributed by atoms with Crippen LogP contribution in [0.1, 0.15) is 37.0 Å². The number of pyridine rings is 2. The van der Waals surface area contributed by atoms with Gasteiger partial charge in [0.1, 0.15) is 0 Å². The minimum atomic E-state index is -5.08. The average Bonchev–Trinajstić information content (AvgIpc) is 3.16. The number of nitrogens with zero attached hydrogens (tertiary/aromatic N) is 4. The molecule has 0 bridgehead atoms. The Hall–Kier alpha value is -4.44. The molecule has 0 aliphatic rings. The fourth-order valence-corrected chi connectivity index (χ4v) is 2.58. The van der Waals surface area contributed by atoms with Crippen LogP contribution in [0.15, 0.2) is 36.7 Å². The minimum Gasteiger partial charge on any atom is -0.475 e. The van der Waals surface area contributed by atoms with Gasteiger partial charge in [-0.05, 0) is 31.0 Å². The standard InChI is InChI=1S/C18H21N5O2.2C2HF3O2/c1-4-13(5-2)25-15-7-6-14-16(22-23(3)17(14)20-15)21-18(24)12-8-10-19-11-9-12;2*3-2(4,5)1(6)7/h6-11,13H,4-5H2,1-3H3,(H,21,22,24);2*(H,6,7). The summed E-state index contributed by atoms with van der Waals surface area (Å²) in [6.07, 6.45) is -5.02. The van der Waals surface area contributed by atoms with E-state index in [9.17, 15) is 31.1 Å². The third kappa shape index (κ3) is 10.4. The van der Waals surface area contributed by atoms with Crippen molar-refractivity contribution in [3.63, 3.8) is 0 Å². The summed E-state index contributed by atoms with van der Waals surface area (Å²) in [5.74, 6) is -4.71. The molecule has 0 fully saturated rings. The maximum absolute atomic E-state index is 12.3. The number of carboxylic acid groups (broad SMARTS) is 2. The smallest absolute Gasteiger partial charge is 0.475 e. The lowest BCUT2D eigenvalue weighted by Gasteiger charge is -2.14. The van der Waals surface area contributed by atoms with Crippen LogP contribution < -0.4 is 10.1 Å². The van der Waals surface area contributed by atoms with Gasteiger partial charge >= 0.3 is 24.3 Å². The lowest BCUT2D eigenvalue weighted by molar-refractivity contribution is -0.193. The lowest BCUT2D eigenvalue weighted by Crippen LogP contribution is -2.21. The van der Waals surface area contributed by atoms with Crippen molar-refractivity contribution in [2.24, 2.45) is 7.05 Å². The monoisotopic (exact) mass is 567 g/mol. The van der Waals surface area contributed by atoms with Gasteiger partial charge < -0.3 is 20.3 Å². The molecule has 1 amide bonds. The van der Waals surface area contributed by atoms with E-state index in [1.807, 2.05) is 12.1 Å². The van der Waals surface area contributed by atoms with Crippen molar-refractivity contribution >= 4 is 34.7 Å². The second-order valence-corrected chi connectivity index (χ2v) is 7.35. The van der Waals surface area contributed by atoms with Crippen molar-refractivity contribution in [3.05, 3.63) is 42.2 Å². The third-order valence-electron chi connectivity index (χ3n) is 4.52. The van der Waals surface area contributed by atoms with Gasteiger partial charge in [0.05, 0.1) is 11.5 Å². The van der Waals surface area contributed by atoms with Crippen LogP contribution in [0.3, 0.4) is 0 Å². The molecule has 11 nitrogen and oxygen atoms in total. The highest BCUT2D eigenvalue weighted by molar-refractivity contribution is 6.07. The summed E-state index contributed by atoms with van der Waals surface area (Å²) in [6, 6.07) is 6.99. The number of anilines is 1. The molecule has 3 aromatic rings. The van der Waals surface area contributed by atoms with Crippen LogP contribution in [0.4, 0.5) is 32.2 Å². The number of aryl methyl sites for hydroxylation is 1. The van der Waals surface area contributed by atoms with E-state index in [0.29, 0.717) is 22.9 Å². The number of nitrogens with one attached hydrogen (secondary N) is 1. The summed E-state index contributed by atoms with van der Waals surface area (Å²) in [6.45, 7) is 4.17. The van der Waals surface area contributed by atoms with E-state index in [0.717, 1.165) is 18.2 Å². The van der Waals surface area contributed by atoms with Gasteiger partial charge in [0.25, 0.3) is 5.91 Å². The van der Waals surface area contributed by atoms with Gasteiger partial charge in [-0.15, -0.1) is 0 Å². The Morgan fingerprint density at radius 1 is 0.949 bits per heavy atom. The lowest BCUT2D eigenvalue weighted by atomic mass is 10.2. The van der Waals surface area contributed by atoms with E-state index in [4.69, 9.17) is 24.5 Å². The molecule has 3 rings (SSSR count). The largest absolute Gasteiger partial charge is 0.490 e. The van der Waals surface area contributed by atoms with Crippen LogP contribution in [0.5, 0.6) is 5.88 Å². The number of hydrogen-bond donors (Lipinski definition) is 3. The molecule has 17 heteroatoms. The van der Waals surface area contributed by atoms with Gasteiger partial charge in [0.2, 0.25) is 5.88 Å². The second-order valence-electron chi connectivity index (χ2n) is 7.35. The summed E-state index contributed by atoms with van der Waals surface area (Å²) in [4.78, 5) is 38.6. The molecule has 0 aromatic carbocycles. The predicted octanol–water partition coefficient (Wildman–Crippen LogP) is 4.45. The first-order valence-corrected chi connectivity index (χ1v) is 10.8. The second kappa shape index (κ2) is 13.9. The van der Waals surface area contributed by atoms with Crippen LogP contribution in [0.25, 0.3) is 11.0 Å². The van der Waals surface area contributed by atoms with Gasteiger partial charge in [0, 0.05) is 31.1 Å². The Labute approximate surface area is 216 Å². The Bertz CT molecular complexity index is 1240. The number of rotatable bonds is 6. The van der Waals surface area contributed by atoms with E-state index in [2.05, 4.69) is 34.2 Å². The number of alkyl halides is 6. The molecule has 214 valence electrons. The maximum atomic E-state index is 12.3. The van der Waals surface area contributed by atoms with E-state index in [1.165, 1.54) is 0 Å². The van der Waals surface area contributed by atoms with Crippen molar-refractivity contribution in [1.82, 2.24) is 19.7 Å². The van der Waals surface area contributed by atoms with E-state index < -0.39 is 24.3 Å². The van der Waals surface area contributed by atoms with Gasteiger partial charge in [-0.3, -0.25) is 9.78 Å². The number of hydrogen-bond acceptors (Lipinski definition) is 7. The molecule has 0 aliphatic heterocycles. The predicted molar refractivity (Wildman–Crippen MR) is 123 cm³/mol. The number of fused-ring (bicyclic) bond motifs is 1. The Morgan fingerprint density at radius 3 is 1.87 bits per heavy atom. The number of carbonyl (C=O) groups excluding carboxylic acids is 1. The molecule has 0 radical (unpaired) electrons. The normalized spacial score (nSPS) is 11.1. The van der Waals surface area contributed by atoms with E-state index in [-0.39, 0.29) is 12.0 Å². The molecular formula is C22H23F6N5O6. The molecule has 0 saturated heterocycles. The quantitative estimate of drug-likeness (QED) is 0.366. The van der Waals surface area contributed by atoms with Crippen molar-refractivity contribution < 1.29 is 55.7 Å². The summed E-state index contributed by atoms with van der Waals surface area (Å²) in [5, 5.41) is 22.2. The molecular weight excluding hydrogens is 544 g/mol. The zero-order chi connectivity index (χ0) is 30.0. The average molecular weight is 567 g/mol. The number of aromatic nitrogens is 4. The number of carboxylic acids is 2. The highest BCUT2D eigenvalue weighted by Gasteiger charge is 2.38. The van der Waals surface area contributed by atoms with Crippen molar-refractivity contribution in [1.29, 1.82) is 0 Å². The van der Waals surface area contributed by atoms with Gasteiger partial charge in [-0.25, -0.2) is 14.3 Å². The molecule has 3 heterocycles. The number of carbonyl (C=O) groups is 3. The Morgan fingerprint density at radius 2 is 1.44 bits per heavy atom. The van der Waals surface area contributed by atoms with E-state index in [1.54, 1.807) is 36.3 Å². The van der Waals surface area contributed by atoms with Crippen molar-refractivity contribution in [2.45, 2.75) is 45.1 Å². The molecule has 39 heavy (non-hydrogen) atoms. The highest BCUT2D eigenvalue weighted by atomic mass is 19.4. The van der Waals surface area contributed by atoms with E-state index >= 15 is 0 Å². The molecule has 0 atom stereocenters. The molecule has 0 spiro atoms. The van der Waals surface area contributed by atoms with Crippen LogP contribution in [-0.4, -0.2) is 66.3 Å². The first kappa shape index (κ1) is 32.6. The molecule has 0 aliphatic carbocycles. The first-order chi connectivity index (χ1) is 18.0. The summed E-state index contributed by atoms with van der Waals surface area (Å²) in [7, 11) is 1.79. The zero-order valence-corrected chi connectivity index (χ0v) is 20.5. The van der Waals surface area contributed by atoms with Gasteiger partial charge in [-0.1, -0.05) is 13.8 Å². The number of aliphatic carboxylic acids is 2. The van der Waals surface area contributed by atoms with Crippen molar-refractivity contribution in [3.8, 4) is 5.88 Å². The molecule has 0 unspecified atom stereocenters. The van der Waals surface area contributed by atoms with Gasteiger partial charge in [-0.2, -0.15) is 36.4 Å². The maximum Gasteiger partial charge on any atom is 0.490 e. The van der Waals surface area contributed by atoms with Crippen LogP contribution >= 0.6 is 0 Å². The highest BCUT2D eigenvalue weighted by Crippen LogP contribution is 2.25. The Balaban J connectivity index is 0.000000449. The summed E-state index contributed by atoms with van der Waals surface area (Å²) >= 11 is 0. The van der Waals surface area contributed by atoms with Gasteiger partial charge in [0.15, 0.2) is 11.5 Å². The van der Waals surface area contributed by atoms with Crippen LogP contribution in [-0.2, 0) is 16.6 Å². The molecule has 0 saturated carbocycles. The summed E-state index contributed by atoms with van der Waals surface area (Å²) < 4.78 is 71.0.